The van der Waals surface area contributed by atoms with Gasteiger partial charge in [0.2, 0.25) is 0 Å². The third-order valence-corrected chi connectivity index (χ3v) is 6.91. The first kappa shape index (κ1) is 25.6. The summed E-state index contributed by atoms with van der Waals surface area (Å²) >= 11 is 1.04. The number of thiazole rings is 1. The van der Waals surface area contributed by atoms with E-state index in [-0.39, 0.29) is 16.4 Å². The first-order valence-electron chi connectivity index (χ1n) is 11.9. The molecule has 0 bridgehead atoms. The van der Waals surface area contributed by atoms with Gasteiger partial charge in [-0.25, -0.2) is 4.98 Å². The molecule has 196 valence electrons. The van der Waals surface area contributed by atoms with E-state index < -0.39 is 17.8 Å². The summed E-state index contributed by atoms with van der Waals surface area (Å²) in [6, 6.07) is 12.8. The zero-order valence-corrected chi connectivity index (χ0v) is 21.1. The van der Waals surface area contributed by atoms with Crippen LogP contribution in [-0.4, -0.2) is 44.9 Å². The largest absolute Gasteiger partial charge is 0.432 e. The smallest absolute Gasteiger partial charge is 0.320 e. The van der Waals surface area contributed by atoms with Gasteiger partial charge in [0.25, 0.3) is 5.91 Å². The maximum Gasteiger partial charge on any atom is 0.432 e. The van der Waals surface area contributed by atoms with Crippen LogP contribution in [0.25, 0.3) is 32.7 Å². The Morgan fingerprint density at radius 3 is 2.76 bits per heavy atom. The number of H-pyrrole nitrogens is 2. The number of carbonyl (C=O) groups excluding carboxylic acids is 1. The summed E-state index contributed by atoms with van der Waals surface area (Å²) in [7, 11) is 1.94. The Balaban J connectivity index is 1.41. The third-order valence-electron chi connectivity index (χ3n) is 6.05. The average molecular weight is 540 g/mol. The Hall–Kier alpha value is -4.03. The van der Waals surface area contributed by atoms with Crippen LogP contribution in [0.15, 0.2) is 54.0 Å². The standard InChI is InChI=1S/C26H24F3N7OS/c1-30-8-3-2-5-15-6-4-7-16(9-15)18-10-17-13-31-34-19(17)11-20(18)32-24(37)22-14-38-25(33-22)21-12-23(36-35-21)26(27,28)29/h4,6-7,9-14,30H,2-3,5,8H2,1H3,(H,31,34)(H,32,37)(H,35,36). The van der Waals surface area contributed by atoms with E-state index in [0.29, 0.717) is 5.69 Å². The Morgan fingerprint density at radius 2 is 1.97 bits per heavy atom. The SMILES string of the molecule is CNCCCCc1cccc(-c2cc3cn[nH]c3cc2NC(=O)c2csc(-c3cc(C(F)(F)F)[nH]n3)n2)c1. The summed E-state index contributed by atoms with van der Waals surface area (Å²) in [5.41, 5.74) is 3.41. The van der Waals surface area contributed by atoms with E-state index in [2.05, 4.69) is 43.0 Å². The highest BCUT2D eigenvalue weighted by molar-refractivity contribution is 7.13. The van der Waals surface area contributed by atoms with Crippen molar-refractivity contribution in [2.75, 3.05) is 18.9 Å². The summed E-state index contributed by atoms with van der Waals surface area (Å²) in [5, 5.41) is 21.3. The highest BCUT2D eigenvalue weighted by Gasteiger charge is 2.33. The second kappa shape index (κ2) is 10.8. The number of anilines is 1. The van der Waals surface area contributed by atoms with Gasteiger partial charge in [0.05, 0.1) is 17.4 Å². The lowest BCUT2D eigenvalue weighted by atomic mass is 9.98. The molecule has 3 aromatic heterocycles. The lowest BCUT2D eigenvalue weighted by molar-refractivity contribution is -0.141. The molecule has 2 aromatic carbocycles. The van der Waals surface area contributed by atoms with Crippen molar-refractivity contribution in [3.8, 4) is 21.8 Å². The molecule has 4 N–H and O–H groups in total. The number of aryl methyl sites for hydroxylation is 1. The van der Waals surface area contributed by atoms with Gasteiger partial charge in [0, 0.05) is 16.3 Å². The van der Waals surface area contributed by atoms with Crippen molar-refractivity contribution in [1.29, 1.82) is 0 Å². The molecule has 5 aromatic rings. The number of rotatable bonds is 9. The zero-order chi connectivity index (χ0) is 26.7. The average Bonchev–Trinajstić information content (AvgIpc) is 3.66. The van der Waals surface area contributed by atoms with Gasteiger partial charge in [-0.3, -0.25) is 15.0 Å². The number of benzene rings is 2. The van der Waals surface area contributed by atoms with Gasteiger partial charge in [0.1, 0.15) is 22.1 Å². The van der Waals surface area contributed by atoms with Crippen LogP contribution in [0, 0.1) is 0 Å². The van der Waals surface area contributed by atoms with Crippen molar-refractivity contribution in [3.05, 3.63) is 71.0 Å². The van der Waals surface area contributed by atoms with Gasteiger partial charge in [-0.1, -0.05) is 24.3 Å². The van der Waals surface area contributed by atoms with Gasteiger partial charge < -0.3 is 10.6 Å². The molecule has 8 nitrogen and oxygen atoms in total. The predicted molar refractivity (Wildman–Crippen MR) is 141 cm³/mol. The maximum absolute atomic E-state index is 13.1. The topological polar surface area (TPSA) is 111 Å². The number of nitrogens with zero attached hydrogens (tertiary/aromatic N) is 3. The molecular weight excluding hydrogens is 515 g/mol. The molecule has 38 heavy (non-hydrogen) atoms. The Morgan fingerprint density at radius 1 is 1.11 bits per heavy atom. The molecule has 0 aliphatic rings. The van der Waals surface area contributed by atoms with E-state index in [9.17, 15) is 18.0 Å². The number of aromatic nitrogens is 5. The number of fused-ring (bicyclic) bond motifs is 1. The van der Waals surface area contributed by atoms with Gasteiger partial charge >= 0.3 is 6.18 Å². The molecule has 0 radical (unpaired) electrons. The Bertz CT molecular complexity index is 1570. The lowest BCUT2D eigenvalue weighted by Gasteiger charge is -2.13. The first-order chi connectivity index (χ1) is 18.3. The van der Waals surface area contributed by atoms with Crippen LogP contribution in [0.4, 0.5) is 18.9 Å². The molecular formula is C26H24F3N7OS. The van der Waals surface area contributed by atoms with Crippen LogP contribution in [0.3, 0.4) is 0 Å². The van der Waals surface area contributed by atoms with E-state index >= 15 is 0 Å². The van der Waals surface area contributed by atoms with Crippen molar-refractivity contribution < 1.29 is 18.0 Å². The molecule has 3 heterocycles. The van der Waals surface area contributed by atoms with Crippen LogP contribution in [0.5, 0.6) is 0 Å². The molecule has 0 aliphatic heterocycles. The Kier molecular flexibility index (Phi) is 7.25. The van der Waals surface area contributed by atoms with Gasteiger partial charge in [-0.05, 0) is 62.2 Å². The minimum absolute atomic E-state index is 0.0208. The van der Waals surface area contributed by atoms with Crippen LogP contribution in [0.2, 0.25) is 0 Å². The van der Waals surface area contributed by atoms with Gasteiger partial charge in [-0.15, -0.1) is 11.3 Å². The number of carbonyl (C=O) groups is 1. The van der Waals surface area contributed by atoms with E-state index in [4.69, 9.17) is 0 Å². The Labute approximate surface area is 219 Å². The summed E-state index contributed by atoms with van der Waals surface area (Å²) < 4.78 is 38.7. The minimum atomic E-state index is -4.55. The fourth-order valence-corrected chi connectivity index (χ4v) is 4.88. The maximum atomic E-state index is 13.1. The third kappa shape index (κ3) is 5.60. The molecule has 1 amide bonds. The minimum Gasteiger partial charge on any atom is -0.320 e. The van der Waals surface area contributed by atoms with Crippen molar-refractivity contribution in [1.82, 2.24) is 30.7 Å². The molecule has 0 saturated carbocycles. The van der Waals surface area contributed by atoms with Crippen LogP contribution in [0.1, 0.15) is 34.6 Å². The van der Waals surface area contributed by atoms with Crippen molar-refractivity contribution >= 4 is 33.8 Å². The normalized spacial score (nSPS) is 11.8. The number of alkyl halides is 3. The van der Waals surface area contributed by atoms with Crippen molar-refractivity contribution in [2.24, 2.45) is 0 Å². The number of unbranched alkanes of at least 4 members (excludes halogenated alkanes) is 1. The number of amides is 1. The molecule has 0 aliphatic carbocycles. The van der Waals surface area contributed by atoms with Crippen LogP contribution >= 0.6 is 11.3 Å². The molecule has 12 heteroatoms. The first-order valence-corrected chi connectivity index (χ1v) is 12.8. The monoisotopic (exact) mass is 539 g/mol. The molecule has 0 unspecified atom stereocenters. The van der Waals surface area contributed by atoms with E-state index in [0.717, 1.165) is 65.2 Å². The summed E-state index contributed by atoms with van der Waals surface area (Å²) in [6.45, 7) is 0.967. The number of halogens is 3. The van der Waals surface area contributed by atoms with Gasteiger partial charge in [-0.2, -0.15) is 23.4 Å². The highest BCUT2D eigenvalue weighted by Crippen LogP contribution is 2.34. The molecule has 0 atom stereocenters. The number of aromatic amines is 2. The van der Waals surface area contributed by atoms with Crippen molar-refractivity contribution in [3.63, 3.8) is 0 Å². The van der Waals surface area contributed by atoms with Crippen LogP contribution in [-0.2, 0) is 12.6 Å². The van der Waals surface area contributed by atoms with E-state index in [1.807, 2.05) is 36.4 Å². The number of hydrogen-bond donors (Lipinski definition) is 4. The fraction of sp³-hybridized carbons (Fsp3) is 0.231. The molecule has 5 rings (SSSR count). The van der Waals surface area contributed by atoms with E-state index in [1.54, 1.807) is 6.20 Å². The molecule has 0 saturated heterocycles. The number of nitrogens with one attached hydrogen (secondary N) is 4. The fourth-order valence-electron chi connectivity index (χ4n) is 4.12. The van der Waals surface area contributed by atoms with E-state index in [1.165, 1.54) is 10.9 Å². The zero-order valence-electron chi connectivity index (χ0n) is 20.3. The predicted octanol–water partition coefficient (Wildman–Crippen LogP) is 5.89. The second-order valence-corrected chi connectivity index (χ2v) is 9.63. The van der Waals surface area contributed by atoms with Crippen LogP contribution < -0.4 is 10.6 Å². The summed E-state index contributed by atoms with van der Waals surface area (Å²) in [5.74, 6) is -0.484. The quantitative estimate of drug-likeness (QED) is 0.175. The molecule has 0 spiro atoms. The lowest BCUT2D eigenvalue weighted by Crippen LogP contribution is -2.13. The second-order valence-electron chi connectivity index (χ2n) is 8.77. The summed E-state index contributed by atoms with van der Waals surface area (Å²) in [6.07, 6.45) is 0.248. The molecule has 0 fully saturated rings. The van der Waals surface area contributed by atoms with Crippen molar-refractivity contribution in [2.45, 2.75) is 25.4 Å². The van der Waals surface area contributed by atoms with Gasteiger partial charge in [0.15, 0.2) is 0 Å². The summed E-state index contributed by atoms with van der Waals surface area (Å²) in [4.78, 5) is 17.4. The highest BCUT2D eigenvalue weighted by atomic mass is 32.1. The number of hydrogen-bond acceptors (Lipinski definition) is 6.